The van der Waals surface area contributed by atoms with Crippen LogP contribution in [-0.2, 0) is 6.42 Å². The van der Waals surface area contributed by atoms with Gasteiger partial charge in [0.2, 0.25) is 0 Å². The fourth-order valence-electron chi connectivity index (χ4n) is 6.28. The largest absolute Gasteiger partial charge is 0.135 e. The first-order chi connectivity index (χ1) is 19.8. The van der Waals surface area contributed by atoms with Gasteiger partial charge in [-0.05, 0) is 73.1 Å². The van der Waals surface area contributed by atoms with E-state index in [0.717, 1.165) is 6.42 Å². The van der Waals surface area contributed by atoms with Gasteiger partial charge in [0.25, 0.3) is 0 Å². The molecule has 0 amide bonds. The Balaban J connectivity index is 1.31. The van der Waals surface area contributed by atoms with Gasteiger partial charge in [0, 0.05) is 20.2 Å². The highest BCUT2D eigenvalue weighted by molar-refractivity contribution is 7.25. The van der Waals surface area contributed by atoms with Crippen LogP contribution in [0.1, 0.15) is 11.1 Å². The third-order valence-corrected chi connectivity index (χ3v) is 9.23. The summed E-state index contributed by atoms with van der Waals surface area (Å²) in [7, 11) is 0. The monoisotopic (exact) mass is 526 g/mol. The Hall–Kier alpha value is -4.72. The van der Waals surface area contributed by atoms with Gasteiger partial charge in [0.15, 0.2) is 0 Å². The minimum atomic E-state index is 0.897. The van der Waals surface area contributed by atoms with Gasteiger partial charge in [-0.3, -0.25) is 0 Å². The number of rotatable bonds is 4. The first kappa shape index (κ1) is 23.2. The van der Waals surface area contributed by atoms with Gasteiger partial charge in [-0.1, -0.05) is 133 Å². The van der Waals surface area contributed by atoms with E-state index in [-0.39, 0.29) is 0 Å². The van der Waals surface area contributed by atoms with Crippen LogP contribution in [0.3, 0.4) is 0 Å². The van der Waals surface area contributed by atoms with Crippen molar-refractivity contribution < 1.29 is 0 Å². The molecule has 0 saturated carbocycles. The van der Waals surface area contributed by atoms with Crippen molar-refractivity contribution in [1.29, 1.82) is 0 Å². The molecule has 1 heterocycles. The van der Waals surface area contributed by atoms with Gasteiger partial charge >= 0.3 is 0 Å². The van der Waals surface area contributed by atoms with Gasteiger partial charge in [0.05, 0.1) is 0 Å². The maximum Gasteiger partial charge on any atom is 0.0358 e. The van der Waals surface area contributed by atoms with Crippen molar-refractivity contribution in [3.05, 3.63) is 151 Å². The first-order valence-corrected chi connectivity index (χ1v) is 14.7. The van der Waals surface area contributed by atoms with Crippen LogP contribution < -0.4 is 0 Å². The molecule has 0 unspecified atom stereocenters. The fraction of sp³-hybridized carbons (Fsp3) is 0.0256. The van der Waals surface area contributed by atoms with Gasteiger partial charge < -0.3 is 0 Å². The molecular weight excluding hydrogens is 500 g/mol. The van der Waals surface area contributed by atoms with E-state index < -0.39 is 0 Å². The molecule has 8 aromatic rings. The Kier molecular flexibility index (Phi) is 5.50. The van der Waals surface area contributed by atoms with Crippen LogP contribution in [0, 0.1) is 0 Å². The molecule has 0 aliphatic rings. The summed E-state index contributed by atoms with van der Waals surface area (Å²) in [6.07, 6.45) is 5.59. The van der Waals surface area contributed by atoms with Crippen molar-refractivity contribution in [3.63, 3.8) is 0 Å². The second-order valence-corrected chi connectivity index (χ2v) is 11.5. The van der Waals surface area contributed by atoms with Crippen molar-refractivity contribution in [2.75, 3.05) is 0 Å². The molecule has 188 valence electrons. The van der Waals surface area contributed by atoms with Gasteiger partial charge in [-0.15, -0.1) is 11.3 Å². The summed E-state index contributed by atoms with van der Waals surface area (Å²) in [5.41, 5.74) is 5.21. The molecular formula is C39H26S. The zero-order valence-electron chi connectivity index (χ0n) is 22.0. The van der Waals surface area contributed by atoms with Crippen molar-refractivity contribution in [2.24, 2.45) is 0 Å². The zero-order chi connectivity index (χ0) is 26.5. The topological polar surface area (TPSA) is 0 Å². The number of hydrogen-bond donors (Lipinski definition) is 0. The molecule has 0 spiro atoms. The van der Waals surface area contributed by atoms with Crippen LogP contribution in [-0.4, -0.2) is 0 Å². The summed E-state index contributed by atoms with van der Waals surface area (Å²) in [4.78, 5) is 0. The zero-order valence-corrected chi connectivity index (χ0v) is 22.8. The second kappa shape index (κ2) is 9.48. The highest BCUT2D eigenvalue weighted by Crippen LogP contribution is 2.43. The molecule has 0 fully saturated rings. The molecule has 1 heteroatoms. The molecule has 1 aromatic heterocycles. The highest BCUT2D eigenvalue weighted by Gasteiger charge is 2.16. The lowest BCUT2D eigenvalue weighted by Crippen LogP contribution is -1.91. The summed E-state index contributed by atoms with van der Waals surface area (Å²) >= 11 is 1.89. The summed E-state index contributed by atoms with van der Waals surface area (Å²) in [6.45, 7) is 0. The molecule has 40 heavy (non-hydrogen) atoms. The maximum atomic E-state index is 2.37. The van der Waals surface area contributed by atoms with Crippen LogP contribution in [0.15, 0.2) is 140 Å². The predicted molar refractivity (Wildman–Crippen MR) is 176 cm³/mol. The van der Waals surface area contributed by atoms with Crippen LogP contribution in [0.4, 0.5) is 0 Å². The normalized spacial score (nSPS) is 12.0. The van der Waals surface area contributed by atoms with Crippen LogP contribution in [0.25, 0.3) is 69.7 Å². The van der Waals surface area contributed by atoms with Gasteiger partial charge in [-0.2, -0.15) is 0 Å². The lowest BCUT2D eigenvalue weighted by atomic mass is 9.86. The molecule has 0 nitrogen and oxygen atoms in total. The SMILES string of the molecule is C(=C\c1c2ccccc2c(-c2ccccc2)c2c1ccc1ccccc12)/Cc1ccc2c(c1)sc1ccccc12. The van der Waals surface area contributed by atoms with Crippen LogP contribution >= 0.6 is 11.3 Å². The minimum absolute atomic E-state index is 0.897. The van der Waals surface area contributed by atoms with Crippen molar-refractivity contribution in [2.45, 2.75) is 6.42 Å². The molecule has 0 bridgehead atoms. The maximum absolute atomic E-state index is 2.37. The van der Waals surface area contributed by atoms with Crippen LogP contribution in [0.5, 0.6) is 0 Å². The summed E-state index contributed by atoms with van der Waals surface area (Å²) in [5.74, 6) is 0. The van der Waals surface area contributed by atoms with Crippen LogP contribution in [0.2, 0.25) is 0 Å². The van der Waals surface area contributed by atoms with E-state index in [9.17, 15) is 0 Å². The fourth-order valence-corrected chi connectivity index (χ4v) is 7.45. The average Bonchev–Trinajstić information content (AvgIpc) is 3.39. The molecule has 0 aliphatic heterocycles. The quantitative estimate of drug-likeness (QED) is 0.158. The molecule has 8 rings (SSSR count). The average molecular weight is 527 g/mol. The lowest BCUT2D eigenvalue weighted by Gasteiger charge is -2.17. The van der Waals surface area contributed by atoms with Crippen molar-refractivity contribution >= 4 is 69.9 Å². The van der Waals surface area contributed by atoms with E-state index in [0.29, 0.717) is 0 Å². The Morgan fingerprint density at radius 1 is 0.500 bits per heavy atom. The van der Waals surface area contributed by atoms with Crippen molar-refractivity contribution in [3.8, 4) is 11.1 Å². The summed E-state index contributed by atoms with van der Waals surface area (Å²) in [6, 6.07) is 48.8. The molecule has 0 atom stereocenters. The number of allylic oxidation sites excluding steroid dienone is 1. The number of fused-ring (bicyclic) bond motifs is 7. The molecule has 0 radical (unpaired) electrons. The predicted octanol–water partition coefficient (Wildman–Crippen LogP) is 11.4. The molecule has 0 aliphatic carbocycles. The molecule has 7 aromatic carbocycles. The van der Waals surface area contributed by atoms with Gasteiger partial charge in [-0.25, -0.2) is 0 Å². The van der Waals surface area contributed by atoms with E-state index in [1.807, 2.05) is 11.3 Å². The highest BCUT2D eigenvalue weighted by atomic mass is 32.1. The number of hydrogen-bond acceptors (Lipinski definition) is 1. The number of benzene rings is 7. The number of thiophene rings is 1. The van der Waals surface area contributed by atoms with E-state index in [4.69, 9.17) is 0 Å². The Labute approximate surface area is 237 Å². The smallest absolute Gasteiger partial charge is 0.0358 e. The molecule has 0 N–H and O–H groups in total. The van der Waals surface area contributed by atoms with E-state index in [2.05, 4.69) is 146 Å². The molecule has 0 saturated heterocycles. The third-order valence-electron chi connectivity index (χ3n) is 8.10. The van der Waals surface area contributed by atoms with E-state index in [1.54, 1.807) is 0 Å². The Morgan fingerprint density at radius 3 is 2.05 bits per heavy atom. The third kappa shape index (κ3) is 3.74. The lowest BCUT2D eigenvalue weighted by molar-refractivity contribution is 1.29. The first-order valence-electron chi connectivity index (χ1n) is 13.8. The van der Waals surface area contributed by atoms with E-state index in [1.165, 1.54) is 74.7 Å². The summed E-state index contributed by atoms with van der Waals surface area (Å²) in [5, 5.41) is 10.5. The van der Waals surface area contributed by atoms with E-state index >= 15 is 0 Å². The Bertz CT molecular complexity index is 2230. The standard InChI is InChI=1S/C39H26S/c1-2-13-28(14-3-1)38-34-18-7-6-16-30(34)31(35-24-22-27-12-4-5-15-29(27)39(35)38)19-10-11-26-21-23-33-32-17-8-9-20-36(32)40-37(33)25-26/h1-10,12-25H,11H2/b19-10+. The Morgan fingerprint density at radius 2 is 1.18 bits per heavy atom. The summed E-state index contributed by atoms with van der Waals surface area (Å²) < 4.78 is 2.72. The minimum Gasteiger partial charge on any atom is -0.135 e. The van der Waals surface area contributed by atoms with Gasteiger partial charge in [0.1, 0.15) is 0 Å². The van der Waals surface area contributed by atoms with Crippen molar-refractivity contribution in [1.82, 2.24) is 0 Å². The second-order valence-electron chi connectivity index (χ2n) is 10.4.